The van der Waals surface area contributed by atoms with Gasteiger partial charge in [-0.2, -0.15) is 0 Å². The second-order valence-electron chi connectivity index (χ2n) is 8.24. The molecule has 0 radical (unpaired) electrons. The van der Waals surface area contributed by atoms with Gasteiger partial charge < -0.3 is 15.2 Å². The molecule has 1 aliphatic carbocycles. The monoisotopic (exact) mass is 447 g/mol. The minimum absolute atomic E-state index is 0.00926. The summed E-state index contributed by atoms with van der Waals surface area (Å²) >= 11 is 0. The number of aromatic amines is 1. The van der Waals surface area contributed by atoms with Gasteiger partial charge in [0.15, 0.2) is 0 Å². The quantitative estimate of drug-likeness (QED) is 0.629. The molecule has 2 heterocycles. The van der Waals surface area contributed by atoms with E-state index in [-0.39, 0.29) is 31.0 Å². The van der Waals surface area contributed by atoms with Crippen molar-refractivity contribution >= 4 is 22.8 Å². The largest absolute Gasteiger partial charge is 0.357 e. The van der Waals surface area contributed by atoms with E-state index in [2.05, 4.69) is 15.3 Å². The second kappa shape index (κ2) is 8.33. The lowest BCUT2D eigenvalue weighted by atomic mass is 9.91. The highest BCUT2D eigenvalue weighted by molar-refractivity contribution is 5.97. The Morgan fingerprint density at radius 1 is 1.31 bits per heavy atom. The number of hydrogen-bond donors (Lipinski definition) is 2. The molecule has 0 saturated heterocycles. The summed E-state index contributed by atoms with van der Waals surface area (Å²) in [7, 11) is 3.35. The molecule has 32 heavy (non-hydrogen) atoms. The van der Waals surface area contributed by atoms with Crippen LogP contribution in [0.1, 0.15) is 41.6 Å². The maximum Gasteiger partial charge on any atom is 0.326 e. The van der Waals surface area contributed by atoms with Crippen LogP contribution < -0.4 is 15.9 Å². The van der Waals surface area contributed by atoms with Crippen molar-refractivity contribution in [2.75, 3.05) is 11.9 Å². The Morgan fingerprint density at radius 2 is 2.03 bits per heavy atom. The molecule has 1 amide bonds. The molecule has 0 atom stereocenters. The van der Waals surface area contributed by atoms with Gasteiger partial charge in [-0.25, -0.2) is 22.9 Å². The normalized spacial score (nSPS) is 16.3. The number of nitrogens with one attached hydrogen (secondary N) is 2. The highest BCUT2D eigenvalue weighted by Crippen LogP contribution is 2.35. The van der Waals surface area contributed by atoms with Crippen LogP contribution in [0.2, 0.25) is 0 Å². The number of halogens is 3. The number of H-pyrrole nitrogens is 1. The maximum absolute atomic E-state index is 14.4. The third-order valence-electron chi connectivity index (χ3n) is 6.10. The zero-order valence-electron chi connectivity index (χ0n) is 17.8. The molecule has 4 rings (SSSR count). The number of nitrogens with zero attached hydrogens (tertiary/aromatic N) is 3. The summed E-state index contributed by atoms with van der Waals surface area (Å²) in [6.45, 7) is 0.133. The minimum atomic E-state index is -2.58. The molecule has 3 aromatic rings. The predicted molar refractivity (Wildman–Crippen MR) is 115 cm³/mol. The molecule has 0 unspecified atom stereocenters. The molecular formula is C22H24F3N5O2. The third-order valence-corrected chi connectivity index (χ3v) is 6.10. The third kappa shape index (κ3) is 4.35. The van der Waals surface area contributed by atoms with Gasteiger partial charge in [0.2, 0.25) is 5.92 Å². The first-order valence-electron chi connectivity index (χ1n) is 10.4. The van der Waals surface area contributed by atoms with Crippen LogP contribution in [-0.2, 0) is 13.6 Å². The number of rotatable bonds is 5. The van der Waals surface area contributed by atoms with Gasteiger partial charge in [0.25, 0.3) is 5.91 Å². The van der Waals surface area contributed by atoms with Gasteiger partial charge in [-0.05, 0) is 30.5 Å². The number of fused-ring (bicyclic) bond motifs is 1. The smallest absolute Gasteiger partial charge is 0.326 e. The van der Waals surface area contributed by atoms with E-state index in [1.165, 1.54) is 17.7 Å². The molecule has 1 aromatic carbocycles. The van der Waals surface area contributed by atoms with Crippen LogP contribution in [0.25, 0.3) is 11.0 Å². The molecule has 2 aromatic heterocycles. The average molecular weight is 447 g/mol. The Balaban J connectivity index is 1.39. The van der Waals surface area contributed by atoms with Crippen molar-refractivity contribution < 1.29 is 18.0 Å². The van der Waals surface area contributed by atoms with Crippen LogP contribution in [0.15, 0.2) is 35.3 Å². The number of imidazole rings is 1. The van der Waals surface area contributed by atoms with Crippen LogP contribution in [-0.4, -0.2) is 39.5 Å². The fourth-order valence-electron chi connectivity index (χ4n) is 4.03. The highest BCUT2D eigenvalue weighted by atomic mass is 19.3. The van der Waals surface area contributed by atoms with Gasteiger partial charge in [-0.15, -0.1) is 0 Å². The Hall–Kier alpha value is -3.30. The van der Waals surface area contributed by atoms with E-state index in [9.17, 15) is 22.8 Å². The Bertz CT molecular complexity index is 1190. The lowest BCUT2D eigenvalue weighted by Gasteiger charge is -2.35. The van der Waals surface area contributed by atoms with Gasteiger partial charge in [-0.3, -0.25) is 9.36 Å². The van der Waals surface area contributed by atoms with Gasteiger partial charge in [0, 0.05) is 51.8 Å². The number of carbonyl (C=O) groups excluding carboxylic acids is 1. The van der Waals surface area contributed by atoms with E-state index in [0.717, 1.165) is 6.07 Å². The van der Waals surface area contributed by atoms with Gasteiger partial charge in [0.1, 0.15) is 11.6 Å². The summed E-state index contributed by atoms with van der Waals surface area (Å²) in [4.78, 5) is 33.0. The molecule has 0 spiro atoms. The molecule has 170 valence electrons. The van der Waals surface area contributed by atoms with E-state index >= 15 is 0 Å². The maximum atomic E-state index is 14.4. The number of pyridine rings is 1. The summed E-state index contributed by atoms with van der Waals surface area (Å²) in [5.41, 5.74) is 0.890. The molecular weight excluding hydrogens is 423 g/mol. The topological polar surface area (TPSA) is 83.0 Å². The SMILES string of the molecule is CN(c1ccc(CNC(=O)c2cc3[nH]c(=O)n(C)c3cc2F)cn1)C1CCC(F)(F)CC1. The number of anilines is 1. The zero-order valence-corrected chi connectivity index (χ0v) is 17.8. The van der Waals surface area contributed by atoms with Crippen molar-refractivity contribution in [2.45, 2.75) is 44.2 Å². The van der Waals surface area contributed by atoms with Crippen molar-refractivity contribution in [1.82, 2.24) is 19.9 Å². The van der Waals surface area contributed by atoms with Crippen molar-refractivity contribution in [1.29, 1.82) is 0 Å². The fourth-order valence-corrected chi connectivity index (χ4v) is 4.03. The summed E-state index contributed by atoms with van der Waals surface area (Å²) < 4.78 is 42.4. The van der Waals surface area contributed by atoms with Crippen LogP contribution in [0.5, 0.6) is 0 Å². The van der Waals surface area contributed by atoms with Crippen molar-refractivity contribution in [3.63, 3.8) is 0 Å². The molecule has 2 N–H and O–H groups in total. The lowest BCUT2D eigenvalue weighted by Crippen LogP contribution is -2.38. The van der Waals surface area contributed by atoms with Crippen molar-refractivity contribution in [2.24, 2.45) is 7.05 Å². The Labute approximate surface area is 182 Å². The summed E-state index contributed by atoms with van der Waals surface area (Å²) in [5.74, 6) is -3.25. The van der Waals surface area contributed by atoms with Crippen molar-refractivity contribution in [3.8, 4) is 0 Å². The summed E-state index contributed by atoms with van der Waals surface area (Å²) in [5, 5.41) is 2.65. The van der Waals surface area contributed by atoms with Gasteiger partial charge >= 0.3 is 5.69 Å². The van der Waals surface area contributed by atoms with Crippen LogP contribution in [0.4, 0.5) is 19.0 Å². The molecule has 1 saturated carbocycles. The average Bonchev–Trinajstić information content (AvgIpc) is 3.04. The highest BCUT2D eigenvalue weighted by Gasteiger charge is 2.36. The molecule has 1 fully saturated rings. The minimum Gasteiger partial charge on any atom is -0.357 e. The second-order valence-corrected chi connectivity index (χ2v) is 8.24. The molecule has 0 aliphatic heterocycles. The number of aryl methyl sites for hydroxylation is 1. The molecule has 1 aliphatic rings. The van der Waals surface area contributed by atoms with Crippen LogP contribution >= 0.6 is 0 Å². The number of benzene rings is 1. The number of amides is 1. The number of aromatic nitrogens is 3. The van der Waals surface area contributed by atoms with Crippen LogP contribution in [0, 0.1) is 5.82 Å². The van der Waals surface area contributed by atoms with Crippen molar-refractivity contribution in [3.05, 3.63) is 57.9 Å². The first-order valence-corrected chi connectivity index (χ1v) is 10.4. The first kappa shape index (κ1) is 21.9. The zero-order chi connectivity index (χ0) is 23.0. The van der Waals surface area contributed by atoms with E-state index in [0.29, 0.717) is 35.3 Å². The standard InChI is InChI=1S/C22H24F3N5O2/c1-29(14-5-7-22(24,25)8-6-14)19-4-3-13(11-26-19)12-27-20(31)15-9-17-18(10-16(15)23)30(2)21(32)28-17/h3-4,9-11,14H,5-8,12H2,1-2H3,(H,27,31)(H,28,32). The molecule has 0 bridgehead atoms. The van der Waals surface area contributed by atoms with Gasteiger partial charge in [-0.1, -0.05) is 6.07 Å². The fraction of sp³-hybridized carbons (Fsp3) is 0.409. The number of hydrogen-bond acceptors (Lipinski definition) is 4. The predicted octanol–water partition coefficient (Wildman–Crippen LogP) is 3.34. The van der Waals surface area contributed by atoms with E-state index in [1.54, 1.807) is 18.3 Å². The Kier molecular flexibility index (Phi) is 5.70. The molecule has 7 nitrogen and oxygen atoms in total. The first-order chi connectivity index (χ1) is 15.1. The number of carbonyl (C=O) groups is 1. The summed E-state index contributed by atoms with van der Waals surface area (Å²) in [6, 6.07) is 6.02. The van der Waals surface area contributed by atoms with E-state index < -0.39 is 23.3 Å². The molecule has 10 heteroatoms. The lowest BCUT2D eigenvalue weighted by molar-refractivity contribution is -0.0378. The van der Waals surface area contributed by atoms with E-state index in [1.807, 2.05) is 11.9 Å². The summed E-state index contributed by atoms with van der Waals surface area (Å²) in [6.07, 6.45) is 2.17. The van der Waals surface area contributed by atoms with E-state index in [4.69, 9.17) is 0 Å². The number of alkyl halides is 2. The van der Waals surface area contributed by atoms with Gasteiger partial charge in [0.05, 0.1) is 16.6 Å². The van der Waals surface area contributed by atoms with Crippen LogP contribution in [0.3, 0.4) is 0 Å². The Morgan fingerprint density at radius 3 is 2.69 bits per heavy atom.